The molecule has 0 spiro atoms. The van der Waals surface area contributed by atoms with Gasteiger partial charge in [-0.15, -0.1) is 0 Å². The number of carbonyl (C=O) groups is 2. The number of hydrogen-bond acceptors (Lipinski definition) is 10. The van der Waals surface area contributed by atoms with Crippen molar-refractivity contribution in [2.24, 2.45) is 0 Å². The molecule has 8 unspecified atom stereocenters. The fraction of sp³-hybridized carbons (Fsp3) is 0.729. The number of hydrogen-bond donors (Lipinski definition) is 6. The number of aliphatic hydroxyl groups is 5. The van der Waals surface area contributed by atoms with E-state index in [0.29, 0.717) is 19.3 Å². The zero-order chi connectivity index (χ0) is 51.1. The van der Waals surface area contributed by atoms with Gasteiger partial charge in [0.2, 0.25) is 5.91 Å². The van der Waals surface area contributed by atoms with Crippen molar-refractivity contribution in [2.75, 3.05) is 13.2 Å². The Morgan fingerprint density at radius 1 is 0.557 bits per heavy atom. The van der Waals surface area contributed by atoms with E-state index in [-0.39, 0.29) is 19.4 Å². The summed E-state index contributed by atoms with van der Waals surface area (Å²) in [6.07, 6.45) is 49.4. The molecule has 11 heteroatoms. The van der Waals surface area contributed by atoms with E-state index in [2.05, 4.69) is 74.7 Å². The quantitative estimate of drug-likeness (QED) is 0.0196. The third-order valence-corrected chi connectivity index (χ3v) is 12.5. The van der Waals surface area contributed by atoms with Crippen molar-refractivity contribution in [1.82, 2.24) is 5.32 Å². The second-order valence-corrected chi connectivity index (χ2v) is 19.0. The highest BCUT2D eigenvalue weighted by Crippen LogP contribution is 2.26. The van der Waals surface area contributed by atoms with E-state index in [4.69, 9.17) is 14.2 Å². The smallest absolute Gasteiger partial charge is 0.306 e. The molecule has 1 aliphatic rings. The van der Waals surface area contributed by atoms with Crippen LogP contribution in [0.15, 0.2) is 85.1 Å². The molecule has 0 aromatic rings. The molecule has 1 saturated heterocycles. The fourth-order valence-electron chi connectivity index (χ4n) is 8.04. The molecule has 1 fully saturated rings. The average Bonchev–Trinajstić information content (AvgIpc) is 3.36. The summed E-state index contributed by atoms with van der Waals surface area (Å²) in [5, 5.41) is 56.6. The summed E-state index contributed by atoms with van der Waals surface area (Å²) in [5.74, 6) is -1.33. The molecule has 0 bridgehead atoms. The maximum Gasteiger partial charge on any atom is 0.306 e. The van der Waals surface area contributed by atoms with Gasteiger partial charge >= 0.3 is 5.97 Å². The maximum atomic E-state index is 13.3. The van der Waals surface area contributed by atoms with E-state index in [1.165, 1.54) is 103 Å². The molecule has 0 aromatic carbocycles. The highest BCUT2D eigenvalue weighted by molar-refractivity contribution is 5.81. The van der Waals surface area contributed by atoms with Gasteiger partial charge in [-0.1, -0.05) is 209 Å². The predicted octanol–water partition coefficient (Wildman–Crippen LogP) is 12.2. The summed E-state index contributed by atoms with van der Waals surface area (Å²) in [6.45, 7) is 5.65. The minimum absolute atomic E-state index is 0.0382. The van der Waals surface area contributed by atoms with Crippen LogP contribution in [0, 0.1) is 0 Å². The summed E-state index contributed by atoms with van der Waals surface area (Å²) in [5.41, 5.74) is 0. The average molecular weight is 984 g/mol. The summed E-state index contributed by atoms with van der Waals surface area (Å²) in [7, 11) is 0. The van der Waals surface area contributed by atoms with Gasteiger partial charge in [0.1, 0.15) is 24.4 Å². The molecule has 1 rings (SSSR count). The third-order valence-electron chi connectivity index (χ3n) is 12.5. The lowest BCUT2D eigenvalue weighted by Gasteiger charge is -2.41. The van der Waals surface area contributed by atoms with E-state index in [9.17, 15) is 35.1 Å². The molecule has 70 heavy (non-hydrogen) atoms. The van der Waals surface area contributed by atoms with Gasteiger partial charge in [-0.2, -0.15) is 0 Å². The first-order valence-electron chi connectivity index (χ1n) is 27.9. The number of aliphatic hydroxyl groups excluding tert-OH is 5. The van der Waals surface area contributed by atoms with Crippen LogP contribution in [0.5, 0.6) is 0 Å². The molecular weight excluding hydrogens is 883 g/mol. The van der Waals surface area contributed by atoms with Crippen LogP contribution >= 0.6 is 0 Å². The van der Waals surface area contributed by atoms with Crippen molar-refractivity contribution < 1.29 is 49.3 Å². The molecule has 0 saturated carbocycles. The summed E-state index contributed by atoms with van der Waals surface area (Å²) in [6, 6.07) is -1.07. The number of allylic oxidation sites excluding steroid dienone is 12. The van der Waals surface area contributed by atoms with E-state index in [1.54, 1.807) is 12.2 Å². The Morgan fingerprint density at radius 3 is 1.50 bits per heavy atom. The van der Waals surface area contributed by atoms with Gasteiger partial charge in [-0.3, -0.25) is 9.59 Å². The Kier molecular flexibility index (Phi) is 43.4. The van der Waals surface area contributed by atoms with E-state index in [1.807, 2.05) is 24.3 Å². The van der Waals surface area contributed by atoms with Crippen molar-refractivity contribution in [1.29, 1.82) is 0 Å². The van der Waals surface area contributed by atoms with Gasteiger partial charge in [-0.05, 0) is 77.0 Å². The van der Waals surface area contributed by atoms with Gasteiger partial charge in [0.25, 0.3) is 0 Å². The van der Waals surface area contributed by atoms with E-state index >= 15 is 0 Å². The standard InChI is InChI=1S/C59H101NO10/c1-4-7-10-13-16-19-22-25-26-27-28-29-32-35-38-41-44-47-54(64)70-57-56(66)55(65)53(48-61)69-59(57)68-49-50(51(62)45-42-39-36-33-30-23-20-17-14-11-8-5-2)60-58(67)52(63)46-43-40-37-34-31-24-21-18-15-12-9-6-3/h16,19,25-26,28-29,31,34-35,38,40,42-43,45,50-53,55-57,59,61-63,65-66H,4-15,17-18,20-24,27,30,32-33,36-37,39,41,44,46-49H2,1-3H3,(H,60,67)/b19-16-,26-25-,29-28-,34-31-,38-35-,43-40+,45-42+. The minimum atomic E-state index is -1.65. The normalized spacial score (nSPS) is 20.4. The third kappa shape index (κ3) is 35.0. The van der Waals surface area contributed by atoms with Gasteiger partial charge < -0.3 is 45.1 Å². The van der Waals surface area contributed by atoms with Gasteiger partial charge in [-0.25, -0.2) is 0 Å². The molecule has 11 nitrogen and oxygen atoms in total. The maximum absolute atomic E-state index is 13.3. The second-order valence-electron chi connectivity index (χ2n) is 19.0. The monoisotopic (exact) mass is 984 g/mol. The molecule has 6 N–H and O–H groups in total. The summed E-state index contributed by atoms with van der Waals surface area (Å²) < 4.78 is 17.5. The first-order chi connectivity index (χ1) is 34.2. The van der Waals surface area contributed by atoms with Crippen LogP contribution in [0.4, 0.5) is 0 Å². The molecule has 1 amide bonds. The topological polar surface area (TPSA) is 175 Å². The second kappa shape index (κ2) is 46.9. The zero-order valence-electron chi connectivity index (χ0n) is 44.1. The molecule has 0 aliphatic carbocycles. The number of esters is 1. The molecule has 8 atom stereocenters. The number of unbranched alkanes of at least 4 members (excludes halogenated alkanes) is 20. The Morgan fingerprint density at radius 2 is 0.986 bits per heavy atom. The molecule has 1 aliphatic heterocycles. The number of carbonyl (C=O) groups excluding carboxylic acids is 2. The van der Waals surface area contributed by atoms with Gasteiger partial charge in [0.05, 0.1) is 25.4 Å². The summed E-state index contributed by atoms with van der Waals surface area (Å²) >= 11 is 0. The molecule has 0 aromatic heterocycles. The first kappa shape index (κ1) is 64.9. The van der Waals surface area contributed by atoms with Crippen molar-refractivity contribution in [3.63, 3.8) is 0 Å². The van der Waals surface area contributed by atoms with Crippen LogP contribution in [0.2, 0.25) is 0 Å². The molecule has 0 radical (unpaired) electrons. The number of ether oxygens (including phenoxy) is 3. The number of nitrogens with one attached hydrogen (secondary N) is 1. The predicted molar refractivity (Wildman–Crippen MR) is 287 cm³/mol. The van der Waals surface area contributed by atoms with Crippen molar-refractivity contribution >= 4 is 11.9 Å². The van der Waals surface area contributed by atoms with Crippen LogP contribution < -0.4 is 5.32 Å². The van der Waals surface area contributed by atoms with Crippen molar-refractivity contribution in [2.45, 2.75) is 262 Å². The fourth-order valence-corrected chi connectivity index (χ4v) is 8.04. The van der Waals surface area contributed by atoms with Crippen LogP contribution in [0.25, 0.3) is 0 Å². The van der Waals surface area contributed by atoms with Crippen LogP contribution in [-0.2, 0) is 23.8 Å². The Balaban J connectivity index is 2.82. The highest BCUT2D eigenvalue weighted by atomic mass is 16.7. The summed E-state index contributed by atoms with van der Waals surface area (Å²) in [4.78, 5) is 26.3. The lowest BCUT2D eigenvalue weighted by Crippen LogP contribution is -2.61. The van der Waals surface area contributed by atoms with E-state index < -0.39 is 67.4 Å². The van der Waals surface area contributed by atoms with Gasteiger partial charge in [0, 0.05) is 12.8 Å². The Labute approximate surface area is 425 Å². The minimum Gasteiger partial charge on any atom is -0.454 e. The first-order valence-corrected chi connectivity index (χ1v) is 27.9. The Hall–Kier alpha value is -3.16. The molecule has 402 valence electrons. The molecular formula is C59H101NO10. The van der Waals surface area contributed by atoms with Crippen LogP contribution in [0.1, 0.15) is 213 Å². The SMILES string of the molecule is CCCCC/C=C\C/C=C\C/C=C\C/C=C\CCCC(=O)OC1C(OCC(NC(=O)C(O)C/C=C/C/C=C\CCCCCCCC)C(O)/C=C/CCCCCCCCCCCC)OC(CO)C(O)C1O. The zero-order valence-corrected chi connectivity index (χ0v) is 44.1. The van der Waals surface area contributed by atoms with Crippen molar-refractivity contribution in [3.8, 4) is 0 Å². The number of rotatable bonds is 45. The number of amides is 1. The van der Waals surface area contributed by atoms with Crippen LogP contribution in [0.3, 0.4) is 0 Å². The highest BCUT2D eigenvalue weighted by Gasteiger charge is 2.47. The lowest BCUT2D eigenvalue weighted by molar-refractivity contribution is -0.305. The van der Waals surface area contributed by atoms with Crippen LogP contribution in [-0.4, -0.2) is 99.6 Å². The largest absolute Gasteiger partial charge is 0.454 e. The van der Waals surface area contributed by atoms with Gasteiger partial charge in [0.15, 0.2) is 12.4 Å². The Bertz CT molecular complexity index is 1460. The molecule has 1 heterocycles. The van der Waals surface area contributed by atoms with E-state index in [0.717, 1.165) is 57.8 Å². The van der Waals surface area contributed by atoms with Crippen molar-refractivity contribution in [3.05, 3.63) is 85.1 Å². The lowest BCUT2D eigenvalue weighted by atomic mass is 9.99.